The smallest absolute Gasteiger partial charge is 0.172 e. The third-order valence-electron chi connectivity index (χ3n) is 5.25. The third-order valence-corrected chi connectivity index (χ3v) is 5.25. The first-order chi connectivity index (χ1) is 14.6. The predicted molar refractivity (Wildman–Crippen MR) is 103 cm³/mol. The molecule has 0 saturated heterocycles. The van der Waals surface area contributed by atoms with Crippen molar-refractivity contribution in [2.24, 2.45) is 0 Å². The number of nitriles is 6. The Bertz CT molecular complexity index is 1320. The maximum Gasteiger partial charge on any atom is 0.172 e. The summed E-state index contributed by atoms with van der Waals surface area (Å²) in [6, 6.07) is 8.00. The van der Waals surface area contributed by atoms with Crippen molar-refractivity contribution in [3.63, 3.8) is 0 Å². The highest BCUT2D eigenvalue weighted by Crippen LogP contribution is 2.54. The average molecular weight is 396 g/mol. The van der Waals surface area contributed by atoms with Crippen LogP contribution in [-0.2, 0) is 0 Å². The fourth-order valence-corrected chi connectivity index (χ4v) is 3.88. The number of nitrogens with two attached hydrogens (primary N) is 1. The molecule has 2 aliphatic heterocycles. The number of benzene rings is 1. The molecule has 2 aromatic rings. The van der Waals surface area contributed by atoms with Gasteiger partial charge in [-0.2, -0.15) is 31.6 Å². The Morgan fingerprint density at radius 2 is 1.43 bits per heavy atom. The summed E-state index contributed by atoms with van der Waals surface area (Å²) in [6.45, 7) is 0. The zero-order valence-corrected chi connectivity index (χ0v) is 15.2. The van der Waals surface area contributed by atoms with Crippen molar-refractivity contribution in [3.8, 4) is 36.4 Å². The first kappa shape index (κ1) is 18.3. The van der Waals surface area contributed by atoms with Crippen LogP contribution < -0.4 is 21.7 Å². The van der Waals surface area contributed by atoms with Crippen molar-refractivity contribution < 1.29 is 0 Å². The summed E-state index contributed by atoms with van der Waals surface area (Å²) in [5, 5.41) is 64.9. The standard InChI is InChI=1S/C18H12N12/c19-2-1-8(3-20)26-15-13(25)14-16(28-10(5-22)9(4-21)27-14)18-17(15)29-11(6-23)12(7-24)30(18)29/h8-12,26-28H,1,25H2. The second-order valence-electron chi connectivity index (χ2n) is 6.76. The largest absolute Gasteiger partial charge is 0.395 e. The van der Waals surface area contributed by atoms with Gasteiger partial charge in [0.15, 0.2) is 12.1 Å². The predicted octanol–water partition coefficient (Wildman–Crippen LogP) is 1.01. The van der Waals surface area contributed by atoms with Crippen molar-refractivity contribution in [2.75, 3.05) is 21.7 Å². The normalized spacial score (nSPS) is 23.8. The van der Waals surface area contributed by atoms with Gasteiger partial charge in [-0.3, -0.25) is 9.36 Å². The summed E-state index contributed by atoms with van der Waals surface area (Å²) < 4.78 is 3.19. The maximum absolute atomic E-state index is 9.47. The number of anilines is 4. The molecular formula is C18H12N12. The molecule has 0 radical (unpaired) electrons. The molecule has 144 valence electrons. The molecule has 0 amide bonds. The lowest BCUT2D eigenvalue weighted by Crippen LogP contribution is -2.47. The Labute approximate surface area is 170 Å². The Kier molecular flexibility index (Phi) is 3.99. The molecular weight excluding hydrogens is 384 g/mol. The summed E-state index contributed by atoms with van der Waals surface area (Å²) in [4.78, 5) is 0. The van der Waals surface area contributed by atoms with Gasteiger partial charge in [-0.1, -0.05) is 0 Å². The van der Waals surface area contributed by atoms with E-state index in [2.05, 4.69) is 28.1 Å². The van der Waals surface area contributed by atoms with E-state index in [1.54, 1.807) is 9.36 Å². The molecule has 12 heteroatoms. The van der Waals surface area contributed by atoms with E-state index in [-0.39, 0.29) is 12.1 Å². The molecule has 0 fully saturated rings. The molecule has 4 rings (SSSR count). The van der Waals surface area contributed by atoms with E-state index in [9.17, 15) is 26.3 Å². The van der Waals surface area contributed by atoms with E-state index < -0.39 is 30.2 Å². The van der Waals surface area contributed by atoms with Crippen LogP contribution >= 0.6 is 0 Å². The number of nitrogens with one attached hydrogen (secondary N) is 3. The van der Waals surface area contributed by atoms with Gasteiger partial charge in [0, 0.05) is 0 Å². The zero-order valence-electron chi connectivity index (χ0n) is 15.2. The van der Waals surface area contributed by atoms with E-state index in [1.165, 1.54) is 0 Å². The lowest BCUT2D eigenvalue weighted by molar-refractivity contribution is 0.230. The highest BCUT2D eigenvalue weighted by atomic mass is 15.6. The van der Waals surface area contributed by atoms with Crippen LogP contribution in [-0.4, -0.2) is 27.5 Å². The minimum atomic E-state index is -0.882. The molecule has 5 N–H and O–H groups in total. The number of hydrogen-bond donors (Lipinski definition) is 4. The van der Waals surface area contributed by atoms with Crippen molar-refractivity contribution in [3.05, 3.63) is 0 Å². The number of nitrogens with zero attached hydrogens (tertiary/aromatic N) is 8. The van der Waals surface area contributed by atoms with Gasteiger partial charge in [0.05, 0.1) is 65.6 Å². The number of fused-ring (bicyclic) bond motifs is 6. The van der Waals surface area contributed by atoms with Gasteiger partial charge in [-0.15, -0.1) is 0 Å². The summed E-state index contributed by atoms with van der Waals surface area (Å²) in [5.74, 6) is 0. The molecule has 12 nitrogen and oxygen atoms in total. The number of hydrogen-bond acceptors (Lipinski definition) is 10. The highest BCUT2D eigenvalue weighted by Gasteiger charge is 2.47. The summed E-state index contributed by atoms with van der Waals surface area (Å²) in [7, 11) is 0. The highest BCUT2D eigenvalue weighted by molar-refractivity contribution is 6.13. The van der Waals surface area contributed by atoms with Crippen molar-refractivity contribution in [1.29, 1.82) is 31.6 Å². The molecule has 2 aliphatic rings. The van der Waals surface area contributed by atoms with E-state index >= 15 is 0 Å². The monoisotopic (exact) mass is 396 g/mol. The molecule has 30 heavy (non-hydrogen) atoms. The topological polar surface area (TPSA) is 215 Å². The van der Waals surface area contributed by atoms with Gasteiger partial charge in [-0.05, 0) is 0 Å². The van der Waals surface area contributed by atoms with Crippen LogP contribution in [0.4, 0.5) is 22.7 Å². The minimum absolute atomic E-state index is 0.100. The number of nitrogen functional groups attached to an aromatic ring is 1. The second kappa shape index (κ2) is 6.54. The Balaban J connectivity index is 1.98. The fourth-order valence-electron chi connectivity index (χ4n) is 3.88. The Morgan fingerprint density at radius 3 is 1.93 bits per heavy atom. The molecule has 1 aromatic carbocycles. The molecule has 5 atom stereocenters. The molecule has 1 aromatic heterocycles. The Morgan fingerprint density at radius 1 is 0.867 bits per heavy atom. The van der Waals surface area contributed by atoms with Crippen LogP contribution in [0.15, 0.2) is 0 Å². The first-order valence-corrected chi connectivity index (χ1v) is 8.78. The molecule has 5 unspecified atom stereocenters. The maximum atomic E-state index is 9.47. The van der Waals surface area contributed by atoms with Crippen molar-refractivity contribution in [1.82, 2.24) is 9.36 Å². The van der Waals surface area contributed by atoms with Crippen molar-refractivity contribution in [2.45, 2.75) is 36.6 Å². The average Bonchev–Trinajstić information content (AvgIpc) is 2.75. The number of aromatic nitrogens is 2. The third kappa shape index (κ3) is 2.14. The second-order valence-corrected chi connectivity index (χ2v) is 6.76. The summed E-state index contributed by atoms with van der Waals surface area (Å²) >= 11 is 0. The van der Waals surface area contributed by atoms with E-state index in [4.69, 9.17) is 11.0 Å². The van der Waals surface area contributed by atoms with Crippen LogP contribution in [0.1, 0.15) is 18.5 Å². The Hall–Kier alpha value is -5.04. The van der Waals surface area contributed by atoms with Crippen LogP contribution in [0.2, 0.25) is 0 Å². The van der Waals surface area contributed by atoms with Crippen LogP contribution in [0.25, 0.3) is 11.0 Å². The molecule has 0 bridgehead atoms. The quantitative estimate of drug-likeness (QED) is 0.426. The summed E-state index contributed by atoms with van der Waals surface area (Å²) in [5.41, 5.74) is 8.64. The van der Waals surface area contributed by atoms with Gasteiger partial charge in [-0.25, -0.2) is 0 Å². The first-order valence-electron chi connectivity index (χ1n) is 8.78. The van der Waals surface area contributed by atoms with Gasteiger partial charge in [0.2, 0.25) is 0 Å². The van der Waals surface area contributed by atoms with E-state index in [1.807, 2.05) is 24.3 Å². The van der Waals surface area contributed by atoms with Gasteiger partial charge >= 0.3 is 0 Å². The lowest BCUT2D eigenvalue weighted by Gasteiger charge is -2.46. The van der Waals surface area contributed by atoms with Crippen LogP contribution in [0.3, 0.4) is 0 Å². The van der Waals surface area contributed by atoms with E-state index in [0.29, 0.717) is 28.1 Å². The fraction of sp³-hybridized carbons (Fsp3) is 0.333. The molecule has 0 aliphatic carbocycles. The van der Waals surface area contributed by atoms with Gasteiger partial charge in [0.25, 0.3) is 0 Å². The van der Waals surface area contributed by atoms with Crippen LogP contribution in [0.5, 0.6) is 0 Å². The van der Waals surface area contributed by atoms with Gasteiger partial charge < -0.3 is 21.7 Å². The van der Waals surface area contributed by atoms with Gasteiger partial charge in [0.1, 0.15) is 29.2 Å². The zero-order chi connectivity index (χ0) is 21.6. The number of rotatable bonds is 3. The van der Waals surface area contributed by atoms with Crippen molar-refractivity contribution >= 4 is 33.8 Å². The SMILES string of the molecule is N#CCC(C#N)Nc1c(N)c2c(c3c1n1n3C(C#N)C1C#N)NC(C#N)C(C#N)N2. The van der Waals surface area contributed by atoms with E-state index in [0.717, 1.165) is 0 Å². The van der Waals surface area contributed by atoms with Crippen LogP contribution in [0, 0.1) is 68.0 Å². The molecule has 0 saturated carbocycles. The molecule has 0 spiro atoms. The molecule has 3 heterocycles. The summed E-state index contributed by atoms with van der Waals surface area (Å²) in [6.07, 6.45) is -0.100. The minimum Gasteiger partial charge on any atom is -0.395 e. The lowest BCUT2D eigenvalue weighted by atomic mass is 9.96.